The second-order valence-corrected chi connectivity index (χ2v) is 6.68. The minimum atomic E-state index is -0.830. The predicted octanol–water partition coefficient (Wildman–Crippen LogP) is 5.71. The van der Waals surface area contributed by atoms with Gasteiger partial charge in [-0.3, -0.25) is 5.21 Å². The van der Waals surface area contributed by atoms with Gasteiger partial charge < -0.3 is 4.74 Å². The Morgan fingerprint density at radius 1 is 1.23 bits per heavy atom. The zero-order chi connectivity index (χ0) is 18.8. The quantitative estimate of drug-likeness (QED) is 0.284. The molecule has 0 fully saturated rings. The summed E-state index contributed by atoms with van der Waals surface area (Å²) in [5.74, 6) is 6.02. The first-order chi connectivity index (χ1) is 12.6. The van der Waals surface area contributed by atoms with Crippen LogP contribution in [-0.2, 0) is 11.3 Å². The number of hydrogen-bond acceptors (Lipinski definition) is 3. The van der Waals surface area contributed by atoms with Crippen molar-refractivity contribution in [2.24, 2.45) is 0 Å². The van der Waals surface area contributed by atoms with Crippen molar-refractivity contribution in [1.82, 2.24) is 5.06 Å². The maximum Gasteiger partial charge on any atom is 0.435 e. The van der Waals surface area contributed by atoms with Crippen molar-refractivity contribution in [3.63, 3.8) is 0 Å². The number of ether oxygens (including phenoxy) is 1. The zero-order valence-corrected chi connectivity index (χ0v) is 16.3. The molecule has 0 radical (unpaired) electrons. The van der Waals surface area contributed by atoms with Gasteiger partial charge in [0.25, 0.3) is 0 Å². The van der Waals surface area contributed by atoms with Gasteiger partial charge in [0.2, 0.25) is 0 Å². The molecule has 0 aliphatic heterocycles. The van der Waals surface area contributed by atoms with Crippen molar-refractivity contribution < 1.29 is 14.7 Å². The van der Waals surface area contributed by atoms with Gasteiger partial charge in [0.05, 0.1) is 0 Å². The van der Waals surface area contributed by atoms with Crippen LogP contribution in [-0.4, -0.2) is 16.4 Å². The predicted molar refractivity (Wildman–Crippen MR) is 104 cm³/mol. The molecule has 0 saturated carbocycles. The average Bonchev–Trinajstić information content (AvgIpc) is 2.66. The highest BCUT2D eigenvalue weighted by Crippen LogP contribution is 2.23. The number of rotatable bonds is 6. The summed E-state index contributed by atoms with van der Waals surface area (Å²) in [6.07, 6.45) is 1.90. The van der Waals surface area contributed by atoms with E-state index in [4.69, 9.17) is 4.74 Å². The van der Waals surface area contributed by atoms with Gasteiger partial charge in [0.15, 0.2) is 0 Å². The van der Waals surface area contributed by atoms with Gasteiger partial charge in [0, 0.05) is 10.9 Å². The van der Waals surface area contributed by atoms with Crippen molar-refractivity contribution in [3.05, 3.63) is 70.2 Å². The standard InChI is InChI=1S/C21H22BrNO3/c1-2-3-4-8-14-20(18-12-9-13-19(22)15-18)23(25)21(24)26-16-17-10-6-5-7-11-17/h5-7,9-13,15,20,25H,2-4,16H2,1H3. The van der Waals surface area contributed by atoms with Gasteiger partial charge in [-0.15, -0.1) is 5.92 Å². The second-order valence-electron chi connectivity index (χ2n) is 5.77. The summed E-state index contributed by atoms with van der Waals surface area (Å²) in [6, 6.07) is 15.9. The lowest BCUT2D eigenvalue weighted by molar-refractivity contribution is -0.0935. The minimum Gasteiger partial charge on any atom is -0.443 e. The van der Waals surface area contributed by atoms with Gasteiger partial charge in [-0.05, 0) is 29.7 Å². The molecule has 5 heteroatoms. The van der Waals surface area contributed by atoms with Crippen LogP contribution in [0.1, 0.15) is 43.4 Å². The fraction of sp³-hybridized carbons (Fsp3) is 0.286. The molecule has 0 aliphatic rings. The van der Waals surface area contributed by atoms with E-state index in [1.54, 1.807) is 0 Å². The summed E-state index contributed by atoms with van der Waals surface area (Å²) >= 11 is 3.41. The van der Waals surface area contributed by atoms with E-state index in [1.807, 2.05) is 54.6 Å². The van der Waals surface area contributed by atoms with E-state index in [0.717, 1.165) is 22.9 Å². The number of hydrogen-bond donors (Lipinski definition) is 1. The highest BCUT2D eigenvalue weighted by Gasteiger charge is 2.24. The van der Waals surface area contributed by atoms with Crippen LogP contribution in [0.5, 0.6) is 0 Å². The number of carbonyl (C=O) groups is 1. The van der Waals surface area contributed by atoms with Crippen molar-refractivity contribution in [2.75, 3.05) is 0 Å². The Morgan fingerprint density at radius 2 is 2.00 bits per heavy atom. The molecule has 4 nitrogen and oxygen atoms in total. The number of nitrogens with zero attached hydrogens (tertiary/aromatic N) is 1. The Hall–Kier alpha value is -2.29. The molecule has 0 aromatic heterocycles. The van der Waals surface area contributed by atoms with E-state index in [0.29, 0.717) is 17.0 Å². The van der Waals surface area contributed by atoms with Crippen LogP contribution in [0.3, 0.4) is 0 Å². The number of halogens is 1. The summed E-state index contributed by atoms with van der Waals surface area (Å²) in [5, 5.41) is 11.0. The third-order valence-electron chi connectivity index (χ3n) is 3.70. The zero-order valence-electron chi connectivity index (χ0n) is 14.7. The Balaban J connectivity index is 2.11. The van der Waals surface area contributed by atoms with Crippen LogP contribution in [0.2, 0.25) is 0 Å². The Bertz CT molecular complexity index is 768. The van der Waals surface area contributed by atoms with Crippen LogP contribution in [0.25, 0.3) is 0 Å². The lowest BCUT2D eigenvalue weighted by atomic mass is 10.1. The highest BCUT2D eigenvalue weighted by atomic mass is 79.9. The van der Waals surface area contributed by atoms with Gasteiger partial charge in [-0.2, -0.15) is 5.06 Å². The molecule has 2 rings (SSSR count). The number of benzene rings is 2. The number of carbonyl (C=O) groups excluding carboxylic acids is 1. The molecule has 136 valence electrons. The fourth-order valence-corrected chi connectivity index (χ4v) is 2.70. The van der Waals surface area contributed by atoms with Crippen LogP contribution in [0.4, 0.5) is 4.79 Å². The molecule has 0 spiro atoms. The second kappa shape index (κ2) is 10.6. The molecule has 1 unspecified atom stereocenters. The monoisotopic (exact) mass is 415 g/mol. The summed E-state index contributed by atoms with van der Waals surface area (Å²) < 4.78 is 6.06. The molecule has 1 amide bonds. The summed E-state index contributed by atoms with van der Waals surface area (Å²) in [4.78, 5) is 12.3. The normalized spacial score (nSPS) is 11.2. The Kier molecular flexibility index (Phi) is 8.20. The number of amides is 1. The maximum atomic E-state index is 12.3. The fourth-order valence-electron chi connectivity index (χ4n) is 2.29. The third kappa shape index (κ3) is 6.21. The first-order valence-corrected chi connectivity index (χ1v) is 9.33. The van der Waals surface area contributed by atoms with Gasteiger partial charge >= 0.3 is 6.09 Å². The minimum absolute atomic E-state index is 0.0885. The molecular formula is C21H22BrNO3. The molecule has 0 heterocycles. The summed E-state index contributed by atoms with van der Waals surface area (Å²) in [6.45, 7) is 2.18. The molecule has 26 heavy (non-hydrogen) atoms. The van der Waals surface area contributed by atoms with E-state index >= 15 is 0 Å². The summed E-state index contributed by atoms with van der Waals surface area (Å²) in [5.41, 5.74) is 1.56. The first-order valence-electron chi connectivity index (χ1n) is 8.54. The lowest BCUT2D eigenvalue weighted by Gasteiger charge is -2.22. The molecule has 0 bridgehead atoms. The smallest absolute Gasteiger partial charge is 0.435 e. The molecule has 2 aromatic rings. The Labute approximate surface area is 162 Å². The number of hydroxylamine groups is 2. The topological polar surface area (TPSA) is 49.8 Å². The summed E-state index contributed by atoms with van der Waals surface area (Å²) in [7, 11) is 0. The molecule has 1 N–H and O–H groups in total. The first kappa shape index (κ1) is 20.0. The largest absolute Gasteiger partial charge is 0.443 e. The number of unbranched alkanes of at least 4 members (excludes halogenated alkanes) is 2. The molecular weight excluding hydrogens is 394 g/mol. The van der Waals surface area contributed by atoms with E-state index in [-0.39, 0.29) is 6.61 Å². The van der Waals surface area contributed by atoms with Crippen molar-refractivity contribution in [2.45, 2.75) is 38.8 Å². The molecule has 0 saturated heterocycles. The Morgan fingerprint density at radius 3 is 2.69 bits per heavy atom. The van der Waals surface area contributed by atoms with Gasteiger partial charge in [-0.25, -0.2) is 4.79 Å². The van der Waals surface area contributed by atoms with Crippen LogP contribution < -0.4 is 0 Å². The maximum absolute atomic E-state index is 12.3. The van der Waals surface area contributed by atoms with E-state index < -0.39 is 12.1 Å². The van der Waals surface area contributed by atoms with E-state index in [9.17, 15) is 10.0 Å². The average molecular weight is 416 g/mol. The van der Waals surface area contributed by atoms with Crippen molar-refractivity contribution >= 4 is 22.0 Å². The van der Waals surface area contributed by atoms with Crippen LogP contribution in [0.15, 0.2) is 59.1 Å². The molecule has 2 aromatic carbocycles. The SMILES string of the molecule is CCCCC#CC(c1cccc(Br)c1)N(O)C(=O)OCc1ccccc1. The lowest BCUT2D eigenvalue weighted by Crippen LogP contribution is -2.31. The van der Waals surface area contributed by atoms with E-state index in [2.05, 4.69) is 34.7 Å². The van der Waals surface area contributed by atoms with Gasteiger partial charge in [0.1, 0.15) is 12.6 Å². The van der Waals surface area contributed by atoms with Crippen molar-refractivity contribution in [1.29, 1.82) is 0 Å². The van der Waals surface area contributed by atoms with Crippen molar-refractivity contribution in [3.8, 4) is 11.8 Å². The van der Waals surface area contributed by atoms with Gasteiger partial charge in [-0.1, -0.05) is 77.7 Å². The third-order valence-corrected chi connectivity index (χ3v) is 4.19. The molecule has 1 atom stereocenters. The molecule has 0 aliphatic carbocycles. The van der Waals surface area contributed by atoms with Crippen LogP contribution >= 0.6 is 15.9 Å². The van der Waals surface area contributed by atoms with Crippen LogP contribution in [0, 0.1) is 11.8 Å². The van der Waals surface area contributed by atoms with E-state index in [1.165, 1.54) is 0 Å². The highest BCUT2D eigenvalue weighted by molar-refractivity contribution is 9.10.